The molecular formula is C17H18N2O4S. The lowest BCUT2D eigenvalue weighted by Crippen LogP contribution is -2.35. The number of carbonyl (C=O) groups excluding carboxylic acids is 1. The summed E-state index contributed by atoms with van der Waals surface area (Å²) in [5.41, 5.74) is 2.35. The number of primary sulfonamides is 1. The molecule has 0 atom stereocenters. The highest BCUT2D eigenvalue weighted by molar-refractivity contribution is 7.89. The highest BCUT2D eigenvalue weighted by Gasteiger charge is 2.24. The lowest BCUT2D eigenvalue weighted by molar-refractivity contribution is 0.0985. The average Bonchev–Trinajstić information content (AvgIpc) is 2.59. The first-order valence-corrected chi connectivity index (χ1v) is 9.06. The van der Waals surface area contributed by atoms with Crippen LogP contribution in [-0.4, -0.2) is 28.0 Å². The van der Waals surface area contributed by atoms with Gasteiger partial charge in [0.15, 0.2) is 0 Å². The molecule has 0 fully saturated rings. The number of nitrogens with zero attached hydrogens (tertiary/aromatic N) is 1. The molecule has 0 aromatic heterocycles. The van der Waals surface area contributed by atoms with Crippen LogP contribution in [0.1, 0.15) is 22.3 Å². The summed E-state index contributed by atoms with van der Waals surface area (Å²) >= 11 is 0. The monoisotopic (exact) mass is 346 g/mol. The third kappa shape index (κ3) is 3.13. The molecule has 0 unspecified atom stereocenters. The number of ether oxygens (including phenoxy) is 1. The Hall–Kier alpha value is -2.38. The number of fused-ring (bicyclic) bond motifs is 1. The SMILES string of the molecule is COc1ccc2c(c1)CCCN2C(=O)c1ccc(S(N)(=O)=O)cc1. The van der Waals surface area contributed by atoms with E-state index in [1.807, 2.05) is 18.2 Å². The van der Waals surface area contributed by atoms with Gasteiger partial charge in [0.25, 0.3) is 5.91 Å². The first-order valence-electron chi connectivity index (χ1n) is 7.52. The fourth-order valence-electron chi connectivity index (χ4n) is 2.85. The number of hydrogen-bond donors (Lipinski definition) is 1. The minimum Gasteiger partial charge on any atom is -0.497 e. The Kier molecular flexibility index (Phi) is 4.29. The van der Waals surface area contributed by atoms with Gasteiger partial charge in [-0.15, -0.1) is 0 Å². The number of benzene rings is 2. The van der Waals surface area contributed by atoms with Crippen molar-refractivity contribution in [2.45, 2.75) is 17.7 Å². The average molecular weight is 346 g/mol. The second-order valence-electron chi connectivity index (χ2n) is 5.62. The van der Waals surface area contributed by atoms with Gasteiger partial charge in [0.1, 0.15) is 5.75 Å². The minimum atomic E-state index is -3.77. The quantitative estimate of drug-likeness (QED) is 0.919. The molecule has 0 radical (unpaired) electrons. The zero-order valence-electron chi connectivity index (χ0n) is 13.2. The molecule has 2 aromatic carbocycles. The Balaban J connectivity index is 1.92. The van der Waals surface area contributed by atoms with Crippen molar-refractivity contribution in [3.63, 3.8) is 0 Å². The van der Waals surface area contributed by atoms with E-state index in [0.29, 0.717) is 12.1 Å². The van der Waals surface area contributed by atoms with Crippen LogP contribution in [0.15, 0.2) is 47.4 Å². The molecule has 0 spiro atoms. The van der Waals surface area contributed by atoms with Crippen LogP contribution in [0.5, 0.6) is 5.75 Å². The summed E-state index contributed by atoms with van der Waals surface area (Å²) < 4.78 is 27.9. The van der Waals surface area contributed by atoms with Gasteiger partial charge in [-0.05, 0) is 60.9 Å². The molecule has 0 aliphatic carbocycles. The number of sulfonamides is 1. The predicted octanol–water partition coefficient (Wildman–Crippen LogP) is 1.94. The molecule has 24 heavy (non-hydrogen) atoms. The van der Waals surface area contributed by atoms with Gasteiger partial charge < -0.3 is 9.64 Å². The van der Waals surface area contributed by atoms with Crippen LogP contribution in [0.3, 0.4) is 0 Å². The van der Waals surface area contributed by atoms with E-state index in [1.165, 1.54) is 24.3 Å². The molecular weight excluding hydrogens is 328 g/mol. The second kappa shape index (κ2) is 6.26. The van der Waals surface area contributed by atoms with Gasteiger partial charge in [-0.25, -0.2) is 13.6 Å². The number of hydrogen-bond acceptors (Lipinski definition) is 4. The normalized spacial score (nSPS) is 14.2. The van der Waals surface area contributed by atoms with E-state index in [9.17, 15) is 13.2 Å². The Morgan fingerprint density at radius 1 is 1.17 bits per heavy atom. The van der Waals surface area contributed by atoms with E-state index < -0.39 is 10.0 Å². The van der Waals surface area contributed by atoms with Gasteiger partial charge in [-0.3, -0.25) is 4.79 Å². The van der Waals surface area contributed by atoms with Crippen LogP contribution in [0.4, 0.5) is 5.69 Å². The van der Waals surface area contributed by atoms with Gasteiger partial charge in [0, 0.05) is 17.8 Å². The summed E-state index contributed by atoms with van der Waals surface area (Å²) in [6.45, 7) is 0.620. The number of amides is 1. The number of aryl methyl sites for hydroxylation is 1. The van der Waals surface area contributed by atoms with Crippen molar-refractivity contribution in [3.8, 4) is 5.75 Å². The number of nitrogens with two attached hydrogens (primary N) is 1. The number of anilines is 1. The molecule has 1 heterocycles. The van der Waals surface area contributed by atoms with Crippen molar-refractivity contribution >= 4 is 21.6 Å². The van der Waals surface area contributed by atoms with Crippen LogP contribution < -0.4 is 14.8 Å². The zero-order valence-corrected chi connectivity index (χ0v) is 14.0. The molecule has 0 saturated heterocycles. The molecule has 6 nitrogen and oxygen atoms in total. The Morgan fingerprint density at radius 2 is 1.88 bits per heavy atom. The summed E-state index contributed by atoms with van der Waals surface area (Å²) in [6, 6.07) is 11.3. The Bertz CT molecular complexity index is 876. The molecule has 1 amide bonds. The standard InChI is InChI=1S/C17H18N2O4S/c1-23-14-6-9-16-13(11-14)3-2-10-19(16)17(20)12-4-7-15(8-5-12)24(18,21)22/h4-9,11H,2-3,10H2,1H3,(H2,18,21,22). The van der Waals surface area contributed by atoms with Gasteiger partial charge in [-0.1, -0.05) is 0 Å². The van der Waals surface area contributed by atoms with E-state index >= 15 is 0 Å². The predicted molar refractivity (Wildman–Crippen MR) is 90.8 cm³/mol. The largest absolute Gasteiger partial charge is 0.497 e. The van der Waals surface area contributed by atoms with Crippen LogP contribution in [0, 0.1) is 0 Å². The van der Waals surface area contributed by atoms with Crippen molar-refractivity contribution in [1.82, 2.24) is 0 Å². The Morgan fingerprint density at radius 3 is 2.50 bits per heavy atom. The molecule has 1 aliphatic heterocycles. The molecule has 7 heteroatoms. The van der Waals surface area contributed by atoms with Crippen LogP contribution in [0.2, 0.25) is 0 Å². The van der Waals surface area contributed by atoms with Crippen molar-refractivity contribution in [2.24, 2.45) is 5.14 Å². The first kappa shape index (κ1) is 16.5. The number of rotatable bonds is 3. The van der Waals surface area contributed by atoms with Crippen LogP contribution >= 0.6 is 0 Å². The van der Waals surface area contributed by atoms with Gasteiger partial charge >= 0.3 is 0 Å². The lowest BCUT2D eigenvalue weighted by atomic mass is 10.0. The second-order valence-corrected chi connectivity index (χ2v) is 7.19. The van der Waals surface area contributed by atoms with E-state index in [4.69, 9.17) is 9.88 Å². The van der Waals surface area contributed by atoms with E-state index in [-0.39, 0.29) is 10.8 Å². The zero-order chi connectivity index (χ0) is 17.3. The summed E-state index contributed by atoms with van der Waals surface area (Å²) in [5, 5.41) is 5.08. The smallest absolute Gasteiger partial charge is 0.258 e. The summed E-state index contributed by atoms with van der Waals surface area (Å²) in [6.07, 6.45) is 1.75. The van der Waals surface area contributed by atoms with Gasteiger partial charge in [0.05, 0.1) is 12.0 Å². The minimum absolute atomic E-state index is 0.0113. The van der Waals surface area contributed by atoms with E-state index in [1.54, 1.807) is 12.0 Å². The van der Waals surface area contributed by atoms with E-state index in [2.05, 4.69) is 0 Å². The van der Waals surface area contributed by atoms with Crippen molar-refractivity contribution in [2.75, 3.05) is 18.6 Å². The van der Waals surface area contributed by atoms with Gasteiger partial charge in [-0.2, -0.15) is 0 Å². The summed E-state index contributed by atoms with van der Waals surface area (Å²) in [7, 11) is -2.15. The number of carbonyl (C=O) groups is 1. The van der Waals surface area contributed by atoms with E-state index in [0.717, 1.165) is 29.8 Å². The van der Waals surface area contributed by atoms with Crippen molar-refractivity contribution < 1.29 is 17.9 Å². The molecule has 2 N–H and O–H groups in total. The highest BCUT2D eigenvalue weighted by Crippen LogP contribution is 2.31. The fraction of sp³-hybridized carbons (Fsp3) is 0.235. The Labute approximate surface area is 140 Å². The molecule has 2 aromatic rings. The highest BCUT2D eigenvalue weighted by atomic mass is 32.2. The fourth-order valence-corrected chi connectivity index (χ4v) is 3.37. The van der Waals surface area contributed by atoms with Gasteiger partial charge in [0.2, 0.25) is 10.0 Å². The molecule has 3 rings (SSSR count). The molecule has 0 bridgehead atoms. The maximum atomic E-state index is 12.8. The maximum Gasteiger partial charge on any atom is 0.258 e. The third-order valence-corrected chi connectivity index (χ3v) is 5.01. The first-order chi connectivity index (χ1) is 11.4. The molecule has 126 valence electrons. The molecule has 0 saturated carbocycles. The maximum absolute atomic E-state index is 12.8. The van der Waals surface area contributed by atoms with Crippen LogP contribution in [-0.2, 0) is 16.4 Å². The van der Waals surface area contributed by atoms with Crippen molar-refractivity contribution in [1.29, 1.82) is 0 Å². The third-order valence-electron chi connectivity index (χ3n) is 4.08. The summed E-state index contributed by atoms with van der Waals surface area (Å²) in [5.74, 6) is 0.600. The number of methoxy groups -OCH3 is 1. The van der Waals surface area contributed by atoms with Crippen molar-refractivity contribution in [3.05, 3.63) is 53.6 Å². The lowest BCUT2D eigenvalue weighted by Gasteiger charge is -2.30. The van der Waals surface area contributed by atoms with Crippen LogP contribution in [0.25, 0.3) is 0 Å². The summed E-state index contributed by atoms with van der Waals surface area (Å²) in [4.78, 5) is 14.5. The molecule has 1 aliphatic rings. The topological polar surface area (TPSA) is 89.7 Å².